The molecule has 1 saturated carbocycles. The van der Waals surface area contributed by atoms with Crippen molar-refractivity contribution in [1.29, 1.82) is 0 Å². The van der Waals surface area contributed by atoms with Gasteiger partial charge in [0.1, 0.15) is 4.90 Å². The van der Waals surface area contributed by atoms with Crippen molar-refractivity contribution in [3.63, 3.8) is 0 Å². The van der Waals surface area contributed by atoms with Gasteiger partial charge in [-0.05, 0) is 30.9 Å². The number of rotatable bonds is 4. The SMILES string of the molecule is O=S(=O)(NCC1CC(Cl)C1)c1cccnc1. The van der Waals surface area contributed by atoms with Gasteiger partial charge in [-0.1, -0.05) is 0 Å². The number of alkyl halides is 1. The summed E-state index contributed by atoms with van der Waals surface area (Å²) in [7, 11) is -3.40. The molecule has 1 fully saturated rings. The molecule has 0 aliphatic heterocycles. The smallest absolute Gasteiger partial charge is 0.242 e. The second kappa shape index (κ2) is 4.69. The topological polar surface area (TPSA) is 59.1 Å². The number of hydrogen-bond acceptors (Lipinski definition) is 3. The Morgan fingerprint density at radius 1 is 1.50 bits per heavy atom. The highest BCUT2D eigenvalue weighted by Gasteiger charge is 2.28. The van der Waals surface area contributed by atoms with Crippen molar-refractivity contribution in [2.24, 2.45) is 5.92 Å². The van der Waals surface area contributed by atoms with Crippen LogP contribution < -0.4 is 4.72 Å². The van der Waals surface area contributed by atoms with E-state index in [-0.39, 0.29) is 10.3 Å². The average Bonchev–Trinajstić information content (AvgIpc) is 2.24. The van der Waals surface area contributed by atoms with Crippen molar-refractivity contribution < 1.29 is 8.42 Å². The van der Waals surface area contributed by atoms with E-state index in [1.54, 1.807) is 12.3 Å². The minimum absolute atomic E-state index is 0.205. The van der Waals surface area contributed by atoms with Crippen LogP contribution in [0.5, 0.6) is 0 Å². The summed E-state index contributed by atoms with van der Waals surface area (Å²) < 4.78 is 26.1. The highest BCUT2D eigenvalue weighted by Crippen LogP contribution is 2.31. The summed E-state index contributed by atoms with van der Waals surface area (Å²) in [6.45, 7) is 0.459. The Hall–Kier alpha value is -0.650. The van der Waals surface area contributed by atoms with Gasteiger partial charge >= 0.3 is 0 Å². The van der Waals surface area contributed by atoms with Crippen molar-refractivity contribution >= 4 is 21.6 Å². The van der Waals surface area contributed by atoms with Crippen LogP contribution in [-0.4, -0.2) is 25.3 Å². The second-order valence-electron chi connectivity index (χ2n) is 3.98. The van der Waals surface area contributed by atoms with Gasteiger partial charge in [0.15, 0.2) is 0 Å². The van der Waals surface area contributed by atoms with Crippen LogP contribution >= 0.6 is 11.6 Å². The molecule has 0 spiro atoms. The fourth-order valence-corrected chi connectivity index (χ4v) is 3.22. The normalized spacial score (nSPS) is 25.1. The Labute approximate surface area is 100 Å². The van der Waals surface area contributed by atoms with Crippen molar-refractivity contribution in [3.05, 3.63) is 24.5 Å². The molecular formula is C10H13ClN2O2S. The minimum Gasteiger partial charge on any atom is -0.263 e. The fraction of sp³-hybridized carbons (Fsp3) is 0.500. The summed E-state index contributed by atoms with van der Waals surface area (Å²) >= 11 is 5.82. The van der Waals surface area contributed by atoms with Gasteiger partial charge in [-0.25, -0.2) is 13.1 Å². The van der Waals surface area contributed by atoms with E-state index in [0.29, 0.717) is 12.5 Å². The molecule has 2 rings (SSSR count). The maximum Gasteiger partial charge on any atom is 0.242 e. The van der Waals surface area contributed by atoms with Gasteiger partial charge in [-0.2, -0.15) is 0 Å². The van der Waals surface area contributed by atoms with E-state index in [4.69, 9.17) is 11.6 Å². The Bertz CT molecular complexity index is 443. The first kappa shape index (κ1) is 11.8. The molecule has 1 aromatic rings. The van der Waals surface area contributed by atoms with Crippen LogP contribution in [-0.2, 0) is 10.0 Å². The Morgan fingerprint density at radius 3 is 2.81 bits per heavy atom. The van der Waals surface area contributed by atoms with Gasteiger partial charge in [-0.15, -0.1) is 11.6 Å². The van der Waals surface area contributed by atoms with E-state index >= 15 is 0 Å². The van der Waals surface area contributed by atoms with Gasteiger partial charge in [0.2, 0.25) is 10.0 Å². The lowest BCUT2D eigenvalue weighted by Gasteiger charge is -2.30. The summed E-state index contributed by atoms with van der Waals surface area (Å²) in [4.78, 5) is 3.99. The van der Waals surface area contributed by atoms with E-state index < -0.39 is 10.0 Å². The maximum atomic E-state index is 11.8. The van der Waals surface area contributed by atoms with Crippen LogP contribution in [0.15, 0.2) is 29.4 Å². The van der Waals surface area contributed by atoms with E-state index in [1.165, 1.54) is 12.3 Å². The number of nitrogens with one attached hydrogen (secondary N) is 1. The molecule has 16 heavy (non-hydrogen) atoms. The first-order chi connectivity index (χ1) is 7.58. The number of nitrogens with zero attached hydrogens (tertiary/aromatic N) is 1. The number of halogens is 1. The lowest BCUT2D eigenvalue weighted by atomic mass is 9.85. The van der Waals surface area contributed by atoms with E-state index in [0.717, 1.165) is 12.8 Å². The van der Waals surface area contributed by atoms with E-state index in [9.17, 15) is 8.42 Å². The van der Waals surface area contributed by atoms with Gasteiger partial charge in [0, 0.05) is 24.3 Å². The lowest BCUT2D eigenvalue weighted by molar-refractivity contribution is 0.324. The standard InChI is InChI=1S/C10H13ClN2O2S/c11-9-4-8(5-9)6-13-16(14,15)10-2-1-3-12-7-10/h1-3,7-9,13H,4-6H2. The third-order valence-electron chi connectivity index (χ3n) is 2.68. The van der Waals surface area contributed by atoms with Crippen molar-refractivity contribution in [2.45, 2.75) is 23.1 Å². The molecule has 1 N–H and O–H groups in total. The summed E-state index contributed by atoms with van der Waals surface area (Å²) in [6.07, 6.45) is 4.66. The van der Waals surface area contributed by atoms with Crippen molar-refractivity contribution in [2.75, 3.05) is 6.54 Å². The first-order valence-corrected chi connectivity index (χ1v) is 7.03. The zero-order valence-electron chi connectivity index (χ0n) is 8.64. The molecule has 0 unspecified atom stereocenters. The van der Waals surface area contributed by atoms with Crippen molar-refractivity contribution in [3.8, 4) is 0 Å². The first-order valence-electron chi connectivity index (χ1n) is 5.12. The average molecular weight is 261 g/mol. The Balaban J connectivity index is 1.94. The molecule has 0 aromatic carbocycles. The Morgan fingerprint density at radius 2 is 2.25 bits per heavy atom. The fourth-order valence-electron chi connectivity index (χ4n) is 1.64. The molecule has 6 heteroatoms. The summed E-state index contributed by atoms with van der Waals surface area (Å²) in [5.41, 5.74) is 0. The lowest BCUT2D eigenvalue weighted by Crippen LogP contribution is -2.36. The van der Waals surface area contributed by atoms with Gasteiger partial charge in [0.05, 0.1) is 0 Å². The third kappa shape index (κ3) is 2.72. The van der Waals surface area contributed by atoms with Crippen LogP contribution in [0.2, 0.25) is 0 Å². The molecule has 1 aliphatic rings. The molecule has 4 nitrogen and oxygen atoms in total. The van der Waals surface area contributed by atoms with Gasteiger partial charge in [-0.3, -0.25) is 4.98 Å². The minimum atomic E-state index is -3.40. The predicted octanol–water partition coefficient (Wildman–Crippen LogP) is 1.38. The molecule has 0 atom stereocenters. The molecule has 0 radical (unpaired) electrons. The number of hydrogen-bond donors (Lipinski definition) is 1. The zero-order chi connectivity index (χ0) is 11.6. The van der Waals surface area contributed by atoms with Crippen LogP contribution in [0.4, 0.5) is 0 Å². The monoisotopic (exact) mass is 260 g/mol. The van der Waals surface area contributed by atoms with E-state index in [2.05, 4.69) is 9.71 Å². The van der Waals surface area contributed by atoms with Gasteiger partial charge < -0.3 is 0 Å². The van der Waals surface area contributed by atoms with Crippen molar-refractivity contribution in [1.82, 2.24) is 9.71 Å². The number of aromatic nitrogens is 1. The molecule has 1 heterocycles. The molecule has 1 aliphatic carbocycles. The predicted molar refractivity (Wildman–Crippen MR) is 61.8 cm³/mol. The largest absolute Gasteiger partial charge is 0.263 e. The Kier molecular flexibility index (Phi) is 3.47. The quantitative estimate of drug-likeness (QED) is 0.832. The number of pyridine rings is 1. The highest BCUT2D eigenvalue weighted by molar-refractivity contribution is 7.89. The summed E-state index contributed by atoms with van der Waals surface area (Å²) in [5, 5.41) is 0.216. The van der Waals surface area contributed by atoms with E-state index in [1.807, 2.05) is 0 Å². The highest BCUT2D eigenvalue weighted by atomic mass is 35.5. The summed E-state index contributed by atoms with van der Waals surface area (Å²) in [5.74, 6) is 0.369. The third-order valence-corrected chi connectivity index (χ3v) is 4.45. The molecule has 88 valence electrons. The van der Waals surface area contributed by atoms with Crippen LogP contribution in [0, 0.1) is 5.92 Å². The van der Waals surface area contributed by atoms with Crippen LogP contribution in [0.25, 0.3) is 0 Å². The molecule has 0 bridgehead atoms. The molecule has 0 saturated heterocycles. The molecular weight excluding hydrogens is 248 g/mol. The van der Waals surface area contributed by atoms with Gasteiger partial charge in [0.25, 0.3) is 0 Å². The maximum absolute atomic E-state index is 11.8. The molecule has 1 aromatic heterocycles. The number of sulfonamides is 1. The van der Waals surface area contributed by atoms with Crippen LogP contribution in [0.3, 0.4) is 0 Å². The molecule has 0 amide bonds. The zero-order valence-corrected chi connectivity index (χ0v) is 10.2. The van der Waals surface area contributed by atoms with Crippen LogP contribution in [0.1, 0.15) is 12.8 Å². The second-order valence-corrected chi connectivity index (χ2v) is 6.36. The summed E-state index contributed by atoms with van der Waals surface area (Å²) in [6, 6.07) is 3.13.